The molecule has 2 heteroatoms. The Morgan fingerprint density at radius 1 is 0.615 bits per heavy atom. The first-order valence-corrected chi connectivity index (χ1v) is 16.1. The maximum Gasteiger partial charge on any atom is 0.141 e. The quantitative estimate of drug-likeness (QED) is 0.430. The minimum Gasteiger partial charge on any atom is -0.128 e. The Bertz CT molecular complexity index is 734. The predicted molar refractivity (Wildman–Crippen MR) is 120 cm³/mol. The second kappa shape index (κ2) is 9.63. The fourth-order valence-corrected chi connectivity index (χ4v) is 15.0. The third-order valence-electron chi connectivity index (χ3n) is 5.23. The van der Waals surface area contributed by atoms with Crippen LogP contribution in [0.5, 0.6) is 0 Å². The Hall–Kier alpha value is -2.01. The molecule has 0 saturated heterocycles. The molecule has 134 valence electrons. The summed E-state index contributed by atoms with van der Waals surface area (Å²) in [4.78, 5) is 0. The highest BCUT2D eigenvalue weighted by molar-refractivity contribution is 7.47. The molecule has 0 aromatic heterocycles. The van der Waals surface area contributed by atoms with Crippen molar-refractivity contribution in [3.63, 3.8) is 0 Å². The lowest BCUT2D eigenvalue weighted by atomic mass is 10.2. The van der Waals surface area contributed by atoms with Gasteiger partial charge in [-0.1, -0.05) is 88.0 Å². The first-order chi connectivity index (χ1) is 12.5. The summed E-state index contributed by atoms with van der Waals surface area (Å²) >= 11 is 0. The molecule has 0 spiro atoms. The van der Waals surface area contributed by atoms with E-state index in [1.54, 1.807) is 0 Å². The van der Waals surface area contributed by atoms with Gasteiger partial charge in [-0.3, -0.25) is 0 Å². The van der Waals surface area contributed by atoms with E-state index in [-0.39, 0.29) is 0 Å². The fourth-order valence-electron chi connectivity index (χ4n) is 3.42. The molecule has 0 radical (unpaired) electrons. The highest BCUT2D eigenvalue weighted by Gasteiger charge is 2.46. The Morgan fingerprint density at radius 3 is 1.27 bits per heavy atom. The minimum atomic E-state index is -1.76. The molecule has 0 aliphatic carbocycles. The van der Waals surface area contributed by atoms with E-state index in [2.05, 4.69) is 111 Å². The molecule has 0 aliphatic rings. The Morgan fingerprint density at radius 2 is 0.962 bits per heavy atom. The topological polar surface area (TPSA) is 0 Å². The summed E-state index contributed by atoms with van der Waals surface area (Å²) in [5.41, 5.74) is 9.91. The zero-order valence-corrected chi connectivity index (χ0v) is 18.6. The van der Waals surface area contributed by atoms with E-state index in [1.807, 2.05) is 0 Å². The molecular formula is C24H30Si2. The molecule has 0 N–H and O–H groups in total. The fraction of sp³-hybridized carbons (Fsp3) is 0.333. The molecule has 0 saturated carbocycles. The predicted octanol–water partition coefficient (Wildman–Crippen LogP) is 6.22. The average molecular weight is 375 g/mol. The summed E-state index contributed by atoms with van der Waals surface area (Å²) in [5, 5.41) is 0. The van der Waals surface area contributed by atoms with Gasteiger partial charge in [0.25, 0.3) is 0 Å². The molecule has 2 aromatic rings. The Labute approximate surface area is 161 Å². The second-order valence-electron chi connectivity index (χ2n) is 7.40. The van der Waals surface area contributed by atoms with Gasteiger partial charge in [0, 0.05) is 11.1 Å². The lowest BCUT2D eigenvalue weighted by Crippen LogP contribution is -2.57. The molecular weight excluding hydrogens is 344 g/mol. The van der Waals surface area contributed by atoms with Crippen molar-refractivity contribution in [2.75, 3.05) is 0 Å². The van der Waals surface area contributed by atoms with Crippen molar-refractivity contribution in [1.29, 1.82) is 0 Å². The third-order valence-corrected chi connectivity index (χ3v) is 21.6. The van der Waals surface area contributed by atoms with Crippen molar-refractivity contribution in [2.45, 2.75) is 51.9 Å². The Balaban J connectivity index is 2.44. The van der Waals surface area contributed by atoms with Gasteiger partial charge in [0.15, 0.2) is 0 Å². The van der Waals surface area contributed by atoms with Crippen LogP contribution in [0.1, 0.15) is 37.8 Å². The van der Waals surface area contributed by atoms with Gasteiger partial charge in [-0.15, -0.1) is 11.1 Å². The number of hydrogen-bond acceptors (Lipinski definition) is 0. The van der Waals surface area contributed by atoms with Gasteiger partial charge in [0.1, 0.15) is 15.2 Å². The molecule has 2 unspecified atom stereocenters. The van der Waals surface area contributed by atoms with Crippen molar-refractivity contribution in [3.8, 4) is 22.9 Å². The second-order valence-corrected chi connectivity index (χ2v) is 20.8. The van der Waals surface area contributed by atoms with E-state index in [0.717, 1.165) is 11.1 Å². The number of hydrogen-bond donors (Lipinski definition) is 0. The van der Waals surface area contributed by atoms with Crippen LogP contribution in [0.4, 0.5) is 0 Å². The van der Waals surface area contributed by atoms with Gasteiger partial charge >= 0.3 is 0 Å². The lowest BCUT2D eigenvalue weighted by Gasteiger charge is -2.35. The minimum absolute atomic E-state index is 1.13. The number of benzene rings is 2. The standard InChI is InChI=1S/C24H30Si2/c1-5-19-25(3,21-17-23-13-9-7-10-14-23)26(4,20-6-2)22-18-24-15-11-8-12-16-24/h7-16H,5-6,19-20H2,1-4H3. The maximum atomic E-state index is 3.82. The summed E-state index contributed by atoms with van der Waals surface area (Å²) < 4.78 is 0. The van der Waals surface area contributed by atoms with Crippen LogP contribution < -0.4 is 0 Å². The highest BCUT2D eigenvalue weighted by atomic mass is 29.3. The average Bonchev–Trinajstić information content (AvgIpc) is 2.67. The van der Waals surface area contributed by atoms with Gasteiger partial charge < -0.3 is 0 Å². The normalized spacial score (nSPS) is 14.8. The first kappa shape index (κ1) is 20.3. The van der Waals surface area contributed by atoms with E-state index < -0.39 is 15.2 Å². The van der Waals surface area contributed by atoms with E-state index in [1.165, 1.54) is 24.9 Å². The van der Waals surface area contributed by atoms with Crippen molar-refractivity contribution < 1.29 is 0 Å². The molecule has 2 aromatic carbocycles. The van der Waals surface area contributed by atoms with E-state index >= 15 is 0 Å². The zero-order chi connectivity index (χ0) is 18.9. The summed E-state index contributed by atoms with van der Waals surface area (Å²) in [6.45, 7) is 9.57. The summed E-state index contributed by atoms with van der Waals surface area (Å²) in [6, 6.07) is 23.3. The van der Waals surface area contributed by atoms with Crippen molar-refractivity contribution in [1.82, 2.24) is 0 Å². The van der Waals surface area contributed by atoms with Crippen LogP contribution in [-0.2, 0) is 0 Å². The van der Waals surface area contributed by atoms with Crippen LogP contribution >= 0.6 is 0 Å². The van der Waals surface area contributed by atoms with Gasteiger partial charge in [-0.2, -0.15) is 0 Å². The molecule has 0 amide bonds. The SMILES string of the molecule is CCC[Si](C)(C#Cc1ccccc1)[Si](C)(C#Cc1ccccc1)CCC. The van der Waals surface area contributed by atoms with Gasteiger partial charge in [-0.05, 0) is 36.4 Å². The molecule has 0 aliphatic heterocycles. The summed E-state index contributed by atoms with van der Waals surface area (Å²) in [7, 11) is -3.51. The van der Waals surface area contributed by atoms with Gasteiger partial charge in [0.2, 0.25) is 0 Å². The van der Waals surface area contributed by atoms with Crippen molar-refractivity contribution >= 4 is 15.2 Å². The molecule has 0 heterocycles. The van der Waals surface area contributed by atoms with E-state index in [0.29, 0.717) is 0 Å². The number of rotatable bonds is 5. The molecule has 0 bridgehead atoms. The zero-order valence-electron chi connectivity index (χ0n) is 16.6. The van der Waals surface area contributed by atoms with Crippen LogP contribution in [0.15, 0.2) is 60.7 Å². The monoisotopic (exact) mass is 374 g/mol. The smallest absolute Gasteiger partial charge is 0.128 e. The molecule has 26 heavy (non-hydrogen) atoms. The largest absolute Gasteiger partial charge is 0.141 e. The van der Waals surface area contributed by atoms with Crippen molar-refractivity contribution in [3.05, 3.63) is 71.8 Å². The molecule has 2 rings (SSSR count). The van der Waals surface area contributed by atoms with Crippen LogP contribution in [0.25, 0.3) is 0 Å². The maximum absolute atomic E-state index is 3.82. The van der Waals surface area contributed by atoms with Crippen LogP contribution in [-0.4, -0.2) is 15.2 Å². The Kier molecular flexibility index (Phi) is 7.52. The van der Waals surface area contributed by atoms with Gasteiger partial charge in [-0.25, -0.2) is 0 Å². The summed E-state index contributed by atoms with van der Waals surface area (Å²) in [6.07, 6.45) is 2.40. The van der Waals surface area contributed by atoms with Crippen molar-refractivity contribution in [2.24, 2.45) is 0 Å². The third kappa shape index (κ3) is 5.24. The van der Waals surface area contributed by atoms with Crippen LogP contribution in [0.2, 0.25) is 25.2 Å². The lowest BCUT2D eigenvalue weighted by molar-refractivity contribution is 1.04. The van der Waals surface area contributed by atoms with Crippen LogP contribution in [0, 0.1) is 22.9 Å². The highest BCUT2D eigenvalue weighted by Crippen LogP contribution is 2.29. The van der Waals surface area contributed by atoms with Crippen LogP contribution in [0.3, 0.4) is 0 Å². The first-order valence-electron chi connectivity index (χ1n) is 9.69. The summed E-state index contributed by atoms with van der Waals surface area (Å²) in [5.74, 6) is 7.02. The molecule has 0 nitrogen and oxygen atoms in total. The molecule has 0 fully saturated rings. The molecule has 2 atom stereocenters. The van der Waals surface area contributed by atoms with E-state index in [4.69, 9.17) is 0 Å². The van der Waals surface area contributed by atoms with E-state index in [9.17, 15) is 0 Å². The van der Waals surface area contributed by atoms with Gasteiger partial charge in [0.05, 0.1) is 0 Å².